The first-order valence-electron chi connectivity index (χ1n) is 10.3. The fraction of sp³-hybridized carbons (Fsp3) is 0.429. The van der Waals surface area contributed by atoms with Crippen molar-refractivity contribution in [3.63, 3.8) is 0 Å². The maximum absolute atomic E-state index is 14.5. The van der Waals surface area contributed by atoms with Crippen LogP contribution in [0.1, 0.15) is 37.7 Å². The normalized spacial score (nSPS) is 20.8. The lowest BCUT2D eigenvalue weighted by atomic mass is 9.86. The van der Waals surface area contributed by atoms with Crippen molar-refractivity contribution in [2.24, 2.45) is 5.92 Å². The average molecular weight is 466 g/mol. The highest BCUT2D eigenvalue weighted by atomic mass is 19.4. The maximum atomic E-state index is 14.5. The van der Waals surface area contributed by atoms with E-state index in [1.165, 1.54) is 31.4 Å². The van der Waals surface area contributed by atoms with Crippen LogP contribution in [0.5, 0.6) is 5.75 Å². The van der Waals surface area contributed by atoms with Crippen LogP contribution in [0, 0.1) is 5.92 Å². The lowest BCUT2D eigenvalue weighted by Crippen LogP contribution is -2.63. The number of methoxy groups -OCH3 is 1. The number of carbonyl (C=O) groups is 2. The monoisotopic (exact) mass is 466 g/mol. The highest BCUT2D eigenvalue weighted by Gasteiger charge is 2.68. The molecule has 176 valence electrons. The molecule has 4 rings (SSSR count). The number of ether oxygens (including phenoxy) is 1. The van der Waals surface area contributed by atoms with Crippen LogP contribution in [0.25, 0.3) is 5.69 Å². The smallest absolute Gasteiger partial charge is 0.425 e. The number of benzene rings is 1. The number of aromatic nitrogens is 2. The molecule has 2 heterocycles. The summed E-state index contributed by atoms with van der Waals surface area (Å²) >= 11 is 0. The third kappa shape index (κ3) is 3.58. The second-order valence-corrected chi connectivity index (χ2v) is 8.04. The summed E-state index contributed by atoms with van der Waals surface area (Å²) in [6.45, 7) is 0. The molecule has 0 bridgehead atoms. The van der Waals surface area contributed by atoms with E-state index in [-0.39, 0.29) is 5.69 Å². The Kier molecular flexibility index (Phi) is 5.54. The van der Waals surface area contributed by atoms with Crippen molar-refractivity contribution < 1.29 is 27.5 Å². The summed E-state index contributed by atoms with van der Waals surface area (Å²) in [5, 5.41) is 3.85. The number of carbonyl (C=O) groups excluding carboxylic acids is 2. The second kappa shape index (κ2) is 8.09. The van der Waals surface area contributed by atoms with E-state index in [4.69, 9.17) is 4.74 Å². The lowest BCUT2D eigenvalue weighted by Gasteiger charge is -2.32. The number of hydrogen-bond acceptors (Lipinski definition) is 5. The topological polar surface area (TPSA) is 122 Å². The van der Waals surface area contributed by atoms with Crippen molar-refractivity contribution in [1.82, 2.24) is 14.9 Å². The molecule has 12 heteroatoms. The van der Waals surface area contributed by atoms with E-state index in [0.29, 0.717) is 31.4 Å². The Morgan fingerprint density at radius 3 is 2.33 bits per heavy atom. The Balaban J connectivity index is 1.90. The molecule has 0 spiro atoms. The lowest BCUT2D eigenvalue weighted by molar-refractivity contribution is -0.201. The van der Waals surface area contributed by atoms with Gasteiger partial charge in [0, 0.05) is 5.92 Å². The zero-order valence-electron chi connectivity index (χ0n) is 17.5. The molecule has 1 fully saturated rings. The Hall–Kier alpha value is -3.57. The molecule has 1 aromatic heterocycles. The third-order valence-corrected chi connectivity index (χ3v) is 6.10. The highest BCUT2D eigenvalue weighted by molar-refractivity contribution is 6.08. The van der Waals surface area contributed by atoms with Crippen molar-refractivity contribution in [3.8, 4) is 11.4 Å². The molecule has 1 aromatic carbocycles. The van der Waals surface area contributed by atoms with Gasteiger partial charge in [-0.3, -0.25) is 19.4 Å². The van der Waals surface area contributed by atoms with Crippen molar-refractivity contribution >= 4 is 17.6 Å². The SMILES string of the molecule is COc1ccc(-n2c3c(c(=O)[nH]c2=O)[C@@](NC(=O)C2CCCCC2)(C(F)(F)F)C(=O)N3)cc1. The molecule has 2 aromatic rings. The van der Waals surface area contributed by atoms with Crippen LogP contribution in [0.4, 0.5) is 19.0 Å². The standard InChI is InChI=1S/C21H21F3N4O5/c1-33-13-9-7-12(8-10-13)28-15-14(17(30)26-19(28)32)20(18(31)25-15,21(22,23)24)27-16(29)11-5-3-2-4-6-11/h7-11H,2-6H2,1H3,(H,25,31)(H,27,29)(H,26,30,32)/t20-/m0/s1. The molecular formula is C21H21F3N4O5. The van der Waals surface area contributed by atoms with Gasteiger partial charge in [-0.1, -0.05) is 19.3 Å². The number of alkyl halides is 3. The minimum Gasteiger partial charge on any atom is -0.497 e. The first-order chi connectivity index (χ1) is 15.6. The van der Waals surface area contributed by atoms with Crippen LogP contribution in [0.2, 0.25) is 0 Å². The number of fused-ring (bicyclic) bond motifs is 1. The number of amides is 2. The number of H-pyrrole nitrogens is 1. The van der Waals surface area contributed by atoms with E-state index in [0.717, 1.165) is 11.0 Å². The average Bonchev–Trinajstić information content (AvgIpc) is 3.07. The molecule has 0 unspecified atom stereocenters. The fourth-order valence-electron chi connectivity index (χ4n) is 4.41. The van der Waals surface area contributed by atoms with Crippen molar-refractivity contribution in [2.45, 2.75) is 43.8 Å². The van der Waals surface area contributed by atoms with Crippen molar-refractivity contribution in [2.75, 3.05) is 12.4 Å². The van der Waals surface area contributed by atoms with Gasteiger partial charge in [-0.15, -0.1) is 0 Å². The minimum absolute atomic E-state index is 0.0742. The van der Waals surface area contributed by atoms with E-state index >= 15 is 0 Å². The maximum Gasteiger partial charge on any atom is 0.425 e. The van der Waals surface area contributed by atoms with Gasteiger partial charge in [0.1, 0.15) is 17.1 Å². The number of rotatable bonds is 4. The molecule has 33 heavy (non-hydrogen) atoms. The van der Waals surface area contributed by atoms with Crippen LogP contribution >= 0.6 is 0 Å². The predicted octanol–water partition coefficient (Wildman–Crippen LogP) is 1.94. The van der Waals surface area contributed by atoms with Gasteiger partial charge in [0.05, 0.1) is 12.8 Å². The summed E-state index contributed by atoms with van der Waals surface area (Å²) in [5.41, 5.74) is -7.11. The molecule has 0 radical (unpaired) electrons. The molecule has 1 atom stereocenters. The van der Waals surface area contributed by atoms with E-state index in [9.17, 15) is 32.3 Å². The molecular weight excluding hydrogens is 445 g/mol. The molecule has 0 saturated heterocycles. The molecule has 2 amide bonds. The largest absolute Gasteiger partial charge is 0.497 e. The Morgan fingerprint density at radius 2 is 1.76 bits per heavy atom. The zero-order valence-corrected chi connectivity index (χ0v) is 17.5. The Bertz CT molecular complexity index is 1210. The van der Waals surface area contributed by atoms with Crippen LogP contribution < -0.4 is 26.6 Å². The summed E-state index contributed by atoms with van der Waals surface area (Å²) in [5.74, 6) is -3.56. The molecule has 1 aliphatic heterocycles. The van der Waals surface area contributed by atoms with Gasteiger partial charge < -0.3 is 15.4 Å². The molecule has 9 nitrogen and oxygen atoms in total. The van der Waals surface area contributed by atoms with Gasteiger partial charge in [-0.2, -0.15) is 13.2 Å². The number of nitrogens with zero attached hydrogens (tertiary/aromatic N) is 1. The number of nitrogens with one attached hydrogen (secondary N) is 3. The van der Waals surface area contributed by atoms with Gasteiger partial charge >= 0.3 is 11.9 Å². The summed E-state index contributed by atoms with van der Waals surface area (Å²) in [6.07, 6.45) is -2.37. The quantitative estimate of drug-likeness (QED) is 0.636. The first-order valence-corrected chi connectivity index (χ1v) is 10.3. The van der Waals surface area contributed by atoms with Crippen molar-refractivity contribution in [1.29, 1.82) is 0 Å². The second-order valence-electron chi connectivity index (χ2n) is 8.04. The van der Waals surface area contributed by atoms with Crippen LogP contribution in [-0.2, 0) is 15.1 Å². The first kappa shape index (κ1) is 22.6. The minimum atomic E-state index is -5.36. The number of anilines is 1. The van der Waals surface area contributed by atoms with E-state index in [1.807, 2.05) is 15.6 Å². The predicted molar refractivity (Wildman–Crippen MR) is 110 cm³/mol. The molecule has 1 saturated carbocycles. The third-order valence-electron chi connectivity index (χ3n) is 6.10. The van der Waals surface area contributed by atoms with E-state index < -0.39 is 52.1 Å². The number of halogens is 3. The molecule has 3 N–H and O–H groups in total. The van der Waals surface area contributed by atoms with Crippen molar-refractivity contribution in [3.05, 3.63) is 50.7 Å². The number of hydrogen-bond donors (Lipinski definition) is 3. The molecule has 2 aliphatic rings. The van der Waals surface area contributed by atoms with Gasteiger partial charge in [0.15, 0.2) is 0 Å². The van der Waals surface area contributed by atoms with E-state index in [1.54, 1.807) is 0 Å². The Labute approximate surface area is 184 Å². The highest BCUT2D eigenvalue weighted by Crippen LogP contribution is 2.45. The fourth-order valence-corrected chi connectivity index (χ4v) is 4.41. The Morgan fingerprint density at radius 1 is 1.12 bits per heavy atom. The van der Waals surface area contributed by atoms with Crippen LogP contribution in [-0.4, -0.2) is 34.7 Å². The van der Waals surface area contributed by atoms with Crippen LogP contribution in [0.3, 0.4) is 0 Å². The molecule has 1 aliphatic carbocycles. The zero-order chi connectivity index (χ0) is 24.0. The van der Waals surface area contributed by atoms with Gasteiger partial charge in [-0.05, 0) is 37.1 Å². The van der Waals surface area contributed by atoms with Gasteiger partial charge in [-0.25, -0.2) is 9.36 Å². The van der Waals surface area contributed by atoms with E-state index in [2.05, 4.69) is 0 Å². The number of aromatic amines is 1. The summed E-state index contributed by atoms with van der Waals surface area (Å²) in [6, 6.07) is 5.66. The van der Waals surface area contributed by atoms with Gasteiger partial charge in [0.25, 0.3) is 11.5 Å². The summed E-state index contributed by atoms with van der Waals surface area (Å²) in [4.78, 5) is 52.7. The van der Waals surface area contributed by atoms with Crippen LogP contribution in [0.15, 0.2) is 33.9 Å². The van der Waals surface area contributed by atoms with Gasteiger partial charge in [0.2, 0.25) is 11.4 Å². The summed E-state index contributed by atoms with van der Waals surface area (Å²) < 4.78 is 49.1. The summed E-state index contributed by atoms with van der Waals surface area (Å²) in [7, 11) is 1.41.